The second kappa shape index (κ2) is 13.7. The molecular formula is C24H47NO5Si2. The lowest BCUT2D eigenvalue weighted by Gasteiger charge is -2.29. The van der Waals surface area contributed by atoms with Gasteiger partial charge in [0.1, 0.15) is 7.11 Å². The minimum atomic E-state index is -1.76. The number of carbonyl (C=O) groups excluding carboxylic acids is 1. The van der Waals surface area contributed by atoms with Gasteiger partial charge in [0.05, 0.1) is 25.0 Å². The van der Waals surface area contributed by atoms with Crippen LogP contribution in [0.4, 0.5) is 0 Å². The first-order chi connectivity index (χ1) is 14.9. The largest absolute Gasteiger partial charge is 0.469 e. The molecular weight excluding hydrogens is 438 g/mol. The van der Waals surface area contributed by atoms with Crippen LogP contribution < -0.4 is 0 Å². The molecule has 1 aliphatic rings. The van der Waals surface area contributed by atoms with Gasteiger partial charge in [-0.25, -0.2) is 0 Å². The minimum absolute atomic E-state index is 0.0395. The van der Waals surface area contributed by atoms with E-state index in [4.69, 9.17) is 18.4 Å². The Morgan fingerprint density at radius 2 is 1.81 bits per heavy atom. The molecule has 0 amide bonds. The molecule has 1 rings (SSSR count). The monoisotopic (exact) mass is 485 g/mol. The Kier molecular flexibility index (Phi) is 12.4. The molecule has 0 bridgehead atoms. The molecule has 1 fully saturated rings. The van der Waals surface area contributed by atoms with Crippen molar-refractivity contribution in [2.75, 3.05) is 14.2 Å². The van der Waals surface area contributed by atoms with Crippen LogP contribution in [0, 0.1) is 11.8 Å². The fourth-order valence-electron chi connectivity index (χ4n) is 4.26. The summed E-state index contributed by atoms with van der Waals surface area (Å²) in [5.41, 5.74) is 0.975. The van der Waals surface area contributed by atoms with Gasteiger partial charge in [-0.3, -0.25) is 4.79 Å². The summed E-state index contributed by atoms with van der Waals surface area (Å²) in [5.74, 6) is 0.0348. The summed E-state index contributed by atoms with van der Waals surface area (Å²) < 4.78 is 18.0. The summed E-state index contributed by atoms with van der Waals surface area (Å²) in [5, 5.41) is 4.33. The van der Waals surface area contributed by atoms with Gasteiger partial charge in [0.25, 0.3) is 0 Å². The lowest BCUT2D eigenvalue weighted by Crippen LogP contribution is -2.35. The highest BCUT2D eigenvalue weighted by molar-refractivity contribution is 6.70. The summed E-state index contributed by atoms with van der Waals surface area (Å²) in [4.78, 5) is 17.0. The van der Waals surface area contributed by atoms with Crippen LogP contribution in [0.25, 0.3) is 0 Å². The summed E-state index contributed by atoms with van der Waals surface area (Å²) >= 11 is 0. The van der Waals surface area contributed by atoms with Crippen molar-refractivity contribution in [3.05, 3.63) is 12.2 Å². The van der Waals surface area contributed by atoms with Crippen molar-refractivity contribution in [2.45, 2.75) is 103 Å². The van der Waals surface area contributed by atoms with E-state index >= 15 is 0 Å². The number of esters is 1. The molecule has 4 atom stereocenters. The van der Waals surface area contributed by atoms with Gasteiger partial charge in [-0.2, -0.15) is 0 Å². The van der Waals surface area contributed by atoms with Crippen molar-refractivity contribution in [1.82, 2.24) is 0 Å². The van der Waals surface area contributed by atoms with E-state index in [0.29, 0.717) is 12.8 Å². The highest BCUT2D eigenvalue weighted by Crippen LogP contribution is 2.38. The molecule has 0 aromatic heterocycles. The van der Waals surface area contributed by atoms with Gasteiger partial charge in [0.2, 0.25) is 0 Å². The molecule has 0 spiro atoms. The summed E-state index contributed by atoms with van der Waals surface area (Å²) in [6, 6.07) is 0. The van der Waals surface area contributed by atoms with Gasteiger partial charge in [0, 0.05) is 24.7 Å². The fraction of sp³-hybridized carbons (Fsp3) is 0.833. The number of nitrogens with zero attached hydrogens (tertiary/aromatic N) is 1. The van der Waals surface area contributed by atoms with Gasteiger partial charge in [0.15, 0.2) is 16.6 Å². The van der Waals surface area contributed by atoms with E-state index in [-0.39, 0.29) is 30.0 Å². The summed E-state index contributed by atoms with van der Waals surface area (Å²) in [7, 11) is -0.424. The molecule has 0 radical (unpaired) electrons. The van der Waals surface area contributed by atoms with Crippen molar-refractivity contribution in [3.63, 3.8) is 0 Å². The Morgan fingerprint density at radius 1 is 1.12 bits per heavy atom. The zero-order valence-corrected chi connectivity index (χ0v) is 23.9. The predicted octanol–water partition coefficient (Wildman–Crippen LogP) is 6.15. The zero-order chi connectivity index (χ0) is 24.4. The zero-order valence-electron chi connectivity index (χ0n) is 21.9. The van der Waals surface area contributed by atoms with Crippen molar-refractivity contribution < 1.29 is 23.2 Å². The molecule has 0 aromatic rings. The van der Waals surface area contributed by atoms with E-state index in [2.05, 4.69) is 63.5 Å². The molecule has 8 heteroatoms. The Hall–Kier alpha value is -0.966. The number of rotatable bonds is 14. The van der Waals surface area contributed by atoms with E-state index in [1.807, 2.05) is 0 Å². The van der Waals surface area contributed by atoms with Crippen LogP contribution in [-0.4, -0.2) is 54.7 Å². The molecule has 6 nitrogen and oxygen atoms in total. The van der Waals surface area contributed by atoms with Crippen molar-refractivity contribution in [2.24, 2.45) is 17.0 Å². The van der Waals surface area contributed by atoms with Crippen LogP contribution in [0.3, 0.4) is 0 Å². The number of hydrogen-bond acceptors (Lipinski definition) is 6. The number of ether oxygens (including phenoxy) is 1. The van der Waals surface area contributed by atoms with Gasteiger partial charge in [-0.15, -0.1) is 0 Å². The maximum Gasteiger partial charge on any atom is 0.305 e. The molecule has 32 heavy (non-hydrogen) atoms. The van der Waals surface area contributed by atoms with Crippen LogP contribution in [0.2, 0.25) is 39.3 Å². The Morgan fingerprint density at radius 3 is 2.34 bits per heavy atom. The minimum Gasteiger partial charge on any atom is -0.469 e. The number of oxime groups is 1. The average Bonchev–Trinajstić information content (AvgIpc) is 2.97. The number of methoxy groups -OCH3 is 1. The normalized spacial score (nSPS) is 24.3. The van der Waals surface area contributed by atoms with Gasteiger partial charge in [-0.1, -0.05) is 43.5 Å². The quantitative estimate of drug-likeness (QED) is 0.0969. The lowest BCUT2D eigenvalue weighted by molar-refractivity contribution is -0.140. The maximum absolute atomic E-state index is 11.9. The SMILES string of the molecule is CCCCCC(/C=C/C1C(O[Si](C)(C)C)C/C(=N\OC)C1CCC(=O)OC)O[Si](C)(C)C. The number of carbonyl (C=O) groups is 1. The Labute approximate surface area is 198 Å². The highest BCUT2D eigenvalue weighted by atomic mass is 28.4. The Bertz CT molecular complexity index is 625. The fourth-order valence-corrected chi connectivity index (χ4v) is 6.51. The first-order valence-electron chi connectivity index (χ1n) is 12.1. The molecule has 1 saturated carbocycles. The molecule has 186 valence electrons. The van der Waals surface area contributed by atoms with Gasteiger partial charge < -0.3 is 18.4 Å². The molecule has 0 aliphatic heterocycles. The lowest BCUT2D eigenvalue weighted by atomic mass is 9.89. The second-order valence-electron chi connectivity index (χ2n) is 10.7. The van der Waals surface area contributed by atoms with E-state index in [1.165, 1.54) is 20.0 Å². The van der Waals surface area contributed by atoms with Gasteiger partial charge >= 0.3 is 5.97 Å². The highest BCUT2D eigenvalue weighted by Gasteiger charge is 2.42. The third kappa shape index (κ3) is 11.3. The van der Waals surface area contributed by atoms with E-state index in [0.717, 1.165) is 25.0 Å². The predicted molar refractivity (Wildman–Crippen MR) is 137 cm³/mol. The molecule has 0 aromatic carbocycles. The molecule has 1 aliphatic carbocycles. The first kappa shape index (κ1) is 29.1. The van der Waals surface area contributed by atoms with E-state index < -0.39 is 16.6 Å². The van der Waals surface area contributed by atoms with E-state index in [1.54, 1.807) is 7.11 Å². The molecule has 4 unspecified atom stereocenters. The van der Waals surface area contributed by atoms with Crippen molar-refractivity contribution in [1.29, 1.82) is 0 Å². The average molecular weight is 486 g/mol. The van der Waals surface area contributed by atoms with Crippen molar-refractivity contribution in [3.8, 4) is 0 Å². The number of hydrogen-bond donors (Lipinski definition) is 0. The van der Waals surface area contributed by atoms with E-state index in [9.17, 15) is 4.79 Å². The van der Waals surface area contributed by atoms with Crippen molar-refractivity contribution >= 4 is 28.3 Å². The Balaban J connectivity index is 3.18. The van der Waals surface area contributed by atoms with Crippen LogP contribution in [0.15, 0.2) is 17.3 Å². The van der Waals surface area contributed by atoms with Crippen LogP contribution >= 0.6 is 0 Å². The van der Waals surface area contributed by atoms with Crippen LogP contribution in [-0.2, 0) is 23.2 Å². The first-order valence-corrected chi connectivity index (χ1v) is 18.9. The van der Waals surface area contributed by atoms with Crippen LogP contribution in [0.5, 0.6) is 0 Å². The standard InChI is InChI=1S/C24H47NO5Si2/c1-10-11-12-13-19(29-31(4,5)6)14-15-21-20(16-17-24(26)27-2)22(25-28-3)18-23(21)30-32(7,8)9/h14-15,19-21,23H,10-13,16-18H2,1-9H3/b15-14+,25-22+. The summed E-state index contributed by atoms with van der Waals surface area (Å²) in [6.45, 7) is 15.6. The van der Waals surface area contributed by atoms with Gasteiger partial charge in [-0.05, 0) is 52.1 Å². The second-order valence-corrected chi connectivity index (χ2v) is 19.6. The third-order valence-electron chi connectivity index (χ3n) is 5.48. The number of unbranched alkanes of at least 4 members (excludes halogenated alkanes) is 2. The molecule has 0 heterocycles. The third-order valence-corrected chi connectivity index (χ3v) is 7.50. The molecule has 0 N–H and O–H groups in total. The summed E-state index contributed by atoms with van der Waals surface area (Å²) in [6.07, 6.45) is 11.1. The topological polar surface area (TPSA) is 66.4 Å². The molecule has 0 saturated heterocycles. The smallest absolute Gasteiger partial charge is 0.305 e. The van der Waals surface area contributed by atoms with Crippen LogP contribution in [0.1, 0.15) is 51.9 Å². The maximum atomic E-state index is 11.9.